The fourth-order valence-corrected chi connectivity index (χ4v) is 2.98. The predicted molar refractivity (Wildman–Crippen MR) is 94.3 cm³/mol. The molecule has 0 spiro atoms. The minimum atomic E-state index is -0.649. The standard InChI is InChI=1S/C16H14ClN3O3S/c1-9(2)22-12-4-3-10(17)5-11(12)20-16(21)23-13-7-24-14-6-18-8-19-15(13)14/h3-9H,1-2H3,(H,20,21). The quantitative estimate of drug-likeness (QED) is 0.724. The summed E-state index contributed by atoms with van der Waals surface area (Å²) in [6.45, 7) is 3.79. The van der Waals surface area contributed by atoms with Crippen LogP contribution in [0.25, 0.3) is 10.2 Å². The van der Waals surface area contributed by atoms with E-state index in [1.807, 2.05) is 13.8 Å². The number of fused-ring (bicyclic) bond motifs is 1. The van der Waals surface area contributed by atoms with Crippen molar-refractivity contribution in [2.75, 3.05) is 5.32 Å². The van der Waals surface area contributed by atoms with Gasteiger partial charge in [0.2, 0.25) is 0 Å². The van der Waals surface area contributed by atoms with Gasteiger partial charge in [-0.3, -0.25) is 5.32 Å². The molecule has 3 aromatic rings. The number of ether oxygens (including phenoxy) is 2. The highest BCUT2D eigenvalue weighted by molar-refractivity contribution is 7.17. The molecular weight excluding hydrogens is 350 g/mol. The lowest BCUT2D eigenvalue weighted by Crippen LogP contribution is -2.18. The van der Waals surface area contributed by atoms with E-state index in [1.165, 1.54) is 17.7 Å². The van der Waals surface area contributed by atoms with Gasteiger partial charge in [-0.2, -0.15) is 0 Å². The van der Waals surface area contributed by atoms with E-state index < -0.39 is 6.09 Å². The summed E-state index contributed by atoms with van der Waals surface area (Å²) in [6.07, 6.45) is 2.39. The zero-order chi connectivity index (χ0) is 17.1. The second-order valence-electron chi connectivity index (χ2n) is 5.16. The zero-order valence-electron chi connectivity index (χ0n) is 12.9. The first-order valence-electron chi connectivity index (χ1n) is 7.15. The molecule has 3 rings (SSSR count). The minimum absolute atomic E-state index is 0.0414. The van der Waals surface area contributed by atoms with Crippen LogP contribution >= 0.6 is 22.9 Å². The number of anilines is 1. The molecule has 0 aliphatic heterocycles. The molecule has 0 fully saturated rings. The average molecular weight is 364 g/mol. The van der Waals surface area contributed by atoms with E-state index in [-0.39, 0.29) is 6.10 Å². The molecule has 1 amide bonds. The Hall–Kier alpha value is -2.38. The SMILES string of the molecule is CC(C)Oc1ccc(Cl)cc1NC(=O)Oc1csc2cncnc12. The summed E-state index contributed by atoms with van der Waals surface area (Å²) in [6, 6.07) is 5.00. The van der Waals surface area contributed by atoms with Crippen molar-refractivity contribution >= 4 is 44.9 Å². The number of nitrogens with one attached hydrogen (secondary N) is 1. The number of carbonyl (C=O) groups excluding carboxylic acids is 1. The van der Waals surface area contributed by atoms with Gasteiger partial charge in [-0.15, -0.1) is 11.3 Å². The molecule has 0 unspecified atom stereocenters. The molecule has 2 aromatic heterocycles. The first-order valence-corrected chi connectivity index (χ1v) is 8.41. The van der Waals surface area contributed by atoms with Crippen LogP contribution in [0, 0.1) is 0 Å². The number of thiophene rings is 1. The van der Waals surface area contributed by atoms with E-state index in [2.05, 4.69) is 15.3 Å². The number of nitrogens with zero attached hydrogens (tertiary/aromatic N) is 2. The van der Waals surface area contributed by atoms with Gasteiger partial charge in [0.15, 0.2) is 5.75 Å². The Bertz CT molecular complexity index is 882. The van der Waals surface area contributed by atoms with Crippen LogP contribution in [-0.4, -0.2) is 22.2 Å². The number of hydrogen-bond acceptors (Lipinski definition) is 6. The Labute approximate surface area is 147 Å². The third kappa shape index (κ3) is 3.74. The molecule has 0 bridgehead atoms. The van der Waals surface area contributed by atoms with E-state index in [1.54, 1.807) is 29.8 Å². The van der Waals surface area contributed by atoms with E-state index in [0.717, 1.165) is 4.70 Å². The maximum atomic E-state index is 12.2. The van der Waals surface area contributed by atoms with Gasteiger partial charge >= 0.3 is 6.09 Å². The molecule has 0 radical (unpaired) electrons. The van der Waals surface area contributed by atoms with Crippen LogP contribution in [0.2, 0.25) is 5.02 Å². The number of benzene rings is 1. The number of halogens is 1. The van der Waals surface area contributed by atoms with Crippen molar-refractivity contribution in [1.29, 1.82) is 0 Å². The number of hydrogen-bond donors (Lipinski definition) is 1. The number of carbonyl (C=O) groups is 1. The summed E-state index contributed by atoms with van der Waals surface area (Å²) in [5, 5.41) is 4.84. The fraction of sp³-hybridized carbons (Fsp3) is 0.188. The Kier molecular flexibility index (Phi) is 4.82. The fourth-order valence-electron chi connectivity index (χ4n) is 2.03. The van der Waals surface area contributed by atoms with E-state index in [9.17, 15) is 4.79 Å². The van der Waals surface area contributed by atoms with Crippen molar-refractivity contribution in [1.82, 2.24) is 9.97 Å². The van der Waals surface area contributed by atoms with Gasteiger partial charge in [0.1, 0.15) is 17.6 Å². The van der Waals surface area contributed by atoms with Crippen molar-refractivity contribution in [2.45, 2.75) is 20.0 Å². The van der Waals surface area contributed by atoms with Crippen LogP contribution in [0.5, 0.6) is 11.5 Å². The second-order valence-corrected chi connectivity index (χ2v) is 6.50. The predicted octanol–water partition coefficient (Wildman–Crippen LogP) is 4.74. The maximum absolute atomic E-state index is 12.2. The number of rotatable bonds is 4. The Morgan fingerprint density at radius 2 is 2.17 bits per heavy atom. The van der Waals surface area contributed by atoms with Gasteiger partial charge in [0, 0.05) is 16.6 Å². The molecule has 0 aliphatic rings. The summed E-state index contributed by atoms with van der Waals surface area (Å²) in [7, 11) is 0. The first kappa shape index (κ1) is 16.5. The van der Waals surface area contributed by atoms with E-state index in [0.29, 0.717) is 27.7 Å². The van der Waals surface area contributed by atoms with Crippen LogP contribution in [0.1, 0.15) is 13.8 Å². The third-order valence-corrected chi connectivity index (χ3v) is 4.07. The lowest BCUT2D eigenvalue weighted by molar-refractivity contribution is 0.215. The Morgan fingerprint density at radius 1 is 1.33 bits per heavy atom. The van der Waals surface area contributed by atoms with Crippen LogP contribution < -0.4 is 14.8 Å². The molecule has 0 atom stereocenters. The van der Waals surface area contributed by atoms with Crippen LogP contribution in [0.4, 0.5) is 10.5 Å². The van der Waals surface area contributed by atoms with Crippen LogP contribution in [-0.2, 0) is 0 Å². The normalized spacial score (nSPS) is 10.8. The molecule has 1 aromatic carbocycles. The summed E-state index contributed by atoms with van der Waals surface area (Å²) in [4.78, 5) is 20.3. The molecule has 124 valence electrons. The molecule has 6 nitrogen and oxygen atoms in total. The summed E-state index contributed by atoms with van der Waals surface area (Å²) in [5.74, 6) is 0.895. The lowest BCUT2D eigenvalue weighted by Gasteiger charge is -2.15. The molecule has 0 saturated heterocycles. The van der Waals surface area contributed by atoms with Gasteiger partial charge < -0.3 is 9.47 Å². The third-order valence-electron chi connectivity index (χ3n) is 2.95. The summed E-state index contributed by atoms with van der Waals surface area (Å²) >= 11 is 7.40. The van der Waals surface area contributed by atoms with Crippen molar-refractivity contribution < 1.29 is 14.3 Å². The van der Waals surface area contributed by atoms with Crippen molar-refractivity contribution in [3.8, 4) is 11.5 Å². The molecule has 2 heterocycles. The smallest absolute Gasteiger partial charge is 0.417 e. The van der Waals surface area contributed by atoms with Crippen LogP contribution in [0.3, 0.4) is 0 Å². The molecule has 0 saturated carbocycles. The summed E-state index contributed by atoms with van der Waals surface area (Å²) in [5.41, 5.74) is 1.03. The van der Waals surface area contributed by atoms with Crippen molar-refractivity contribution in [3.05, 3.63) is 41.1 Å². The average Bonchev–Trinajstić information content (AvgIpc) is 2.93. The van der Waals surface area contributed by atoms with Crippen LogP contribution in [0.15, 0.2) is 36.1 Å². The summed E-state index contributed by atoms with van der Waals surface area (Å²) < 4.78 is 11.8. The molecule has 1 N–H and O–H groups in total. The van der Waals surface area contributed by atoms with E-state index >= 15 is 0 Å². The zero-order valence-corrected chi connectivity index (χ0v) is 14.5. The topological polar surface area (TPSA) is 73.3 Å². The lowest BCUT2D eigenvalue weighted by atomic mass is 10.3. The minimum Gasteiger partial charge on any atom is -0.489 e. The van der Waals surface area contributed by atoms with Crippen molar-refractivity contribution in [2.24, 2.45) is 0 Å². The molecular formula is C16H14ClN3O3S. The largest absolute Gasteiger partial charge is 0.489 e. The van der Waals surface area contributed by atoms with Gasteiger partial charge in [-0.25, -0.2) is 14.8 Å². The van der Waals surface area contributed by atoms with Gasteiger partial charge in [0.25, 0.3) is 0 Å². The molecule has 0 aliphatic carbocycles. The Balaban J connectivity index is 1.78. The highest BCUT2D eigenvalue weighted by atomic mass is 35.5. The highest BCUT2D eigenvalue weighted by Crippen LogP contribution is 2.31. The van der Waals surface area contributed by atoms with Gasteiger partial charge in [-0.1, -0.05) is 11.6 Å². The Morgan fingerprint density at radius 3 is 2.96 bits per heavy atom. The highest BCUT2D eigenvalue weighted by Gasteiger charge is 2.14. The van der Waals surface area contributed by atoms with Gasteiger partial charge in [-0.05, 0) is 32.0 Å². The van der Waals surface area contributed by atoms with Crippen molar-refractivity contribution in [3.63, 3.8) is 0 Å². The number of amides is 1. The monoisotopic (exact) mass is 363 g/mol. The number of aromatic nitrogens is 2. The molecule has 8 heteroatoms. The second kappa shape index (κ2) is 7.02. The van der Waals surface area contributed by atoms with E-state index in [4.69, 9.17) is 21.1 Å². The van der Waals surface area contributed by atoms with Gasteiger partial charge in [0.05, 0.1) is 16.5 Å². The maximum Gasteiger partial charge on any atom is 0.417 e. The first-order chi connectivity index (χ1) is 11.5. The molecule has 24 heavy (non-hydrogen) atoms.